The van der Waals surface area contributed by atoms with Gasteiger partial charge in [-0.25, -0.2) is 9.78 Å². The van der Waals surface area contributed by atoms with Gasteiger partial charge in [0.05, 0.1) is 30.5 Å². The van der Waals surface area contributed by atoms with Crippen LogP contribution in [0.15, 0.2) is 12.1 Å². The number of hydrogen-bond acceptors (Lipinski definition) is 5. The Labute approximate surface area is 101 Å². The second-order valence-corrected chi connectivity index (χ2v) is 4.49. The number of aryl methyl sites for hydroxylation is 1. The molecule has 0 radical (unpaired) electrons. The molecule has 0 spiro atoms. The molecule has 5 heteroatoms. The van der Waals surface area contributed by atoms with Crippen LogP contribution in [-0.4, -0.2) is 35.3 Å². The number of ether oxygens (including phenoxy) is 1. The summed E-state index contributed by atoms with van der Waals surface area (Å²) < 4.78 is 4.64. The van der Waals surface area contributed by atoms with E-state index in [2.05, 4.69) is 15.0 Å². The predicted octanol–water partition coefficient (Wildman–Crippen LogP) is 1.36. The lowest BCUT2D eigenvalue weighted by molar-refractivity contribution is 0.0599. The molecule has 5 nitrogen and oxygen atoms in total. The lowest BCUT2D eigenvalue weighted by Crippen LogP contribution is -2.35. The molecule has 0 aliphatic heterocycles. The average molecular weight is 238 g/mol. The first-order chi connectivity index (χ1) is 7.89. The van der Waals surface area contributed by atoms with Gasteiger partial charge in [0, 0.05) is 0 Å². The maximum atomic E-state index is 11.4. The third-order valence-electron chi connectivity index (χ3n) is 2.35. The zero-order valence-corrected chi connectivity index (χ0v) is 10.6. The third-order valence-corrected chi connectivity index (χ3v) is 2.35. The Hall–Kier alpha value is -1.62. The van der Waals surface area contributed by atoms with Crippen LogP contribution in [0.3, 0.4) is 0 Å². The predicted molar refractivity (Wildman–Crippen MR) is 65.1 cm³/mol. The van der Waals surface area contributed by atoms with Gasteiger partial charge in [0.2, 0.25) is 0 Å². The highest BCUT2D eigenvalue weighted by Crippen LogP contribution is 2.15. The van der Waals surface area contributed by atoms with Crippen LogP contribution < -0.4 is 5.32 Å². The lowest BCUT2D eigenvalue weighted by Gasteiger charge is -2.24. The fourth-order valence-electron chi connectivity index (χ4n) is 1.34. The number of aromatic nitrogens is 1. The first-order valence-electron chi connectivity index (χ1n) is 5.34. The first-order valence-corrected chi connectivity index (χ1v) is 5.34. The van der Waals surface area contributed by atoms with E-state index < -0.39 is 11.5 Å². The normalized spacial score (nSPS) is 11.1. The van der Waals surface area contributed by atoms with Crippen LogP contribution >= 0.6 is 0 Å². The molecule has 1 aromatic heterocycles. The summed E-state index contributed by atoms with van der Waals surface area (Å²) in [5, 5.41) is 12.2. The van der Waals surface area contributed by atoms with Crippen molar-refractivity contribution in [3.63, 3.8) is 0 Å². The number of esters is 1. The van der Waals surface area contributed by atoms with Crippen LogP contribution in [0.25, 0.3) is 0 Å². The molecular formula is C12H18N2O3. The maximum absolute atomic E-state index is 11.4. The molecule has 0 unspecified atom stereocenters. The van der Waals surface area contributed by atoms with E-state index in [1.54, 1.807) is 19.1 Å². The third kappa shape index (κ3) is 3.42. The van der Waals surface area contributed by atoms with Crippen LogP contribution in [-0.2, 0) is 4.74 Å². The number of carbonyl (C=O) groups excluding carboxylic acids is 1. The topological polar surface area (TPSA) is 71.5 Å². The molecule has 0 aliphatic carbocycles. The summed E-state index contributed by atoms with van der Waals surface area (Å²) in [6, 6.07) is 3.35. The average Bonchev–Trinajstić information content (AvgIpc) is 2.28. The summed E-state index contributed by atoms with van der Waals surface area (Å²) in [5.41, 5.74) is 0.585. The minimum absolute atomic E-state index is 0.00746. The molecule has 0 bridgehead atoms. The SMILES string of the molecule is COC(=O)c1ccc(NC(C)(C)CO)nc1C. The zero-order valence-electron chi connectivity index (χ0n) is 10.6. The Kier molecular flexibility index (Phi) is 4.07. The Morgan fingerprint density at radius 2 is 2.18 bits per heavy atom. The van der Waals surface area contributed by atoms with Crippen LogP contribution in [0.2, 0.25) is 0 Å². The Morgan fingerprint density at radius 1 is 1.53 bits per heavy atom. The number of nitrogens with one attached hydrogen (secondary N) is 1. The molecule has 0 saturated carbocycles. The summed E-state index contributed by atoms with van der Waals surface area (Å²) >= 11 is 0. The number of nitrogens with zero attached hydrogens (tertiary/aromatic N) is 1. The molecule has 0 aromatic carbocycles. The van der Waals surface area contributed by atoms with Crippen molar-refractivity contribution in [2.75, 3.05) is 19.0 Å². The van der Waals surface area contributed by atoms with Crippen LogP contribution in [0.1, 0.15) is 29.9 Å². The number of pyridine rings is 1. The molecule has 1 heterocycles. The van der Waals surface area contributed by atoms with E-state index in [4.69, 9.17) is 5.11 Å². The number of methoxy groups -OCH3 is 1. The molecular weight excluding hydrogens is 220 g/mol. The van der Waals surface area contributed by atoms with Crippen molar-refractivity contribution in [2.24, 2.45) is 0 Å². The number of aliphatic hydroxyl groups excluding tert-OH is 1. The van der Waals surface area contributed by atoms with Crippen molar-refractivity contribution in [2.45, 2.75) is 26.3 Å². The van der Waals surface area contributed by atoms with E-state index in [0.717, 1.165) is 0 Å². The van der Waals surface area contributed by atoms with E-state index in [1.807, 2.05) is 13.8 Å². The minimum atomic E-state index is -0.452. The van der Waals surface area contributed by atoms with Crippen molar-refractivity contribution in [3.05, 3.63) is 23.4 Å². The molecule has 17 heavy (non-hydrogen) atoms. The Balaban J connectivity index is 2.93. The van der Waals surface area contributed by atoms with Crippen LogP contribution in [0.5, 0.6) is 0 Å². The monoisotopic (exact) mass is 238 g/mol. The van der Waals surface area contributed by atoms with Crippen LogP contribution in [0.4, 0.5) is 5.82 Å². The number of anilines is 1. The molecule has 0 aliphatic rings. The highest BCUT2D eigenvalue weighted by atomic mass is 16.5. The summed E-state index contributed by atoms with van der Waals surface area (Å²) in [7, 11) is 1.34. The molecule has 94 valence electrons. The highest BCUT2D eigenvalue weighted by Gasteiger charge is 2.17. The van der Waals surface area contributed by atoms with E-state index in [9.17, 15) is 4.79 Å². The molecule has 0 fully saturated rings. The van der Waals surface area contributed by atoms with Gasteiger partial charge in [-0.3, -0.25) is 0 Å². The van der Waals surface area contributed by atoms with Crippen molar-refractivity contribution < 1.29 is 14.6 Å². The van der Waals surface area contributed by atoms with Gasteiger partial charge in [0.25, 0.3) is 0 Å². The van der Waals surface area contributed by atoms with Gasteiger partial charge in [-0.2, -0.15) is 0 Å². The number of carbonyl (C=O) groups is 1. The first kappa shape index (κ1) is 13.4. The van der Waals surface area contributed by atoms with Gasteiger partial charge < -0.3 is 15.2 Å². The van der Waals surface area contributed by atoms with Gasteiger partial charge in [-0.1, -0.05) is 0 Å². The maximum Gasteiger partial charge on any atom is 0.339 e. The quantitative estimate of drug-likeness (QED) is 0.775. The Bertz CT molecular complexity index is 416. The van der Waals surface area contributed by atoms with E-state index in [1.165, 1.54) is 7.11 Å². The van der Waals surface area contributed by atoms with E-state index in [0.29, 0.717) is 17.1 Å². The molecule has 2 N–H and O–H groups in total. The second-order valence-electron chi connectivity index (χ2n) is 4.49. The van der Waals surface area contributed by atoms with E-state index >= 15 is 0 Å². The van der Waals surface area contributed by atoms with Gasteiger partial charge in [0.15, 0.2) is 0 Å². The van der Waals surface area contributed by atoms with Crippen molar-refractivity contribution >= 4 is 11.8 Å². The van der Waals surface area contributed by atoms with Gasteiger partial charge in [0.1, 0.15) is 5.82 Å². The molecule has 0 atom stereocenters. The smallest absolute Gasteiger partial charge is 0.339 e. The van der Waals surface area contributed by atoms with Crippen molar-refractivity contribution in [1.29, 1.82) is 0 Å². The number of hydrogen-bond donors (Lipinski definition) is 2. The fourth-order valence-corrected chi connectivity index (χ4v) is 1.34. The molecule has 0 saturated heterocycles. The molecule has 1 rings (SSSR count). The standard InChI is InChI=1S/C12H18N2O3/c1-8-9(11(16)17-4)5-6-10(13-8)14-12(2,3)7-15/h5-6,15H,7H2,1-4H3,(H,13,14). The lowest BCUT2D eigenvalue weighted by atomic mass is 10.1. The highest BCUT2D eigenvalue weighted by molar-refractivity contribution is 5.90. The summed E-state index contributed by atoms with van der Waals surface area (Å²) in [5.74, 6) is 0.220. The summed E-state index contributed by atoms with van der Waals surface area (Å²) in [6.45, 7) is 5.45. The van der Waals surface area contributed by atoms with Gasteiger partial charge in [-0.05, 0) is 32.9 Å². The van der Waals surface area contributed by atoms with Gasteiger partial charge >= 0.3 is 5.97 Å². The fraction of sp³-hybridized carbons (Fsp3) is 0.500. The molecule has 0 amide bonds. The minimum Gasteiger partial charge on any atom is -0.465 e. The summed E-state index contributed by atoms with van der Waals surface area (Å²) in [6.07, 6.45) is 0. The Morgan fingerprint density at radius 3 is 2.65 bits per heavy atom. The number of rotatable bonds is 4. The van der Waals surface area contributed by atoms with Crippen molar-refractivity contribution in [1.82, 2.24) is 4.98 Å². The van der Waals surface area contributed by atoms with Crippen LogP contribution in [0, 0.1) is 6.92 Å². The van der Waals surface area contributed by atoms with Crippen molar-refractivity contribution in [3.8, 4) is 0 Å². The largest absolute Gasteiger partial charge is 0.465 e. The van der Waals surface area contributed by atoms with E-state index in [-0.39, 0.29) is 6.61 Å². The zero-order chi connectivity index (χ0) is 13.1. The second kappa shape index (κ2) is 5.14. The molecule has 1 aromatic rings. The summed E-state index contributed by atoms with van der Waals surface area (Å²) in [4.78, 5) is 15.6. The number of aliphatic hydroxyl groups is 1. The van der Waals surface area contributed by atoms with Gasteiger partial charge in [-0.15, -0.1) is 0 Å².